The van der Waals surface area contributed by atoms with Gasteiger partial charge in [-0.05, 0) is 83.5 Å². The SMILES string of the molecule is CC/C=C\C/C=C\C/C=C\C/C=C\CCCCCCCCCCCCCCCCCCCCCCC(=O)OCC(COC(=O)CCCCCCC/C=C\CCCCCCCC)OC(=O)CCCCCCCCCCCCCCCCCCC. The van der Waals surface area contributed by atoms with E-state index in [4.69, 9.17) is 14.2 Å². The monoisotopic (exact) mass is 1160 g/mol. The first-order valence-corrected chi connectivity index (χ1v) is 36.8. The molecule has 0 aliphatic carbocycles. The minimum Gasteiger partial charge on any atom is -0.462 e. The van der Waals surface area contributed by atoms with E-state index < -0.39 is 6.10 Å². The smallest absolute Gasteiger partial charge is 0.306 e. The van der Waals surface area contributed by atoms with Gasteiger partial charge in [0, 0.05) is 19.3 Å². The number of esters is 3. The van der Waals surface area contributed by atoms with Crippen LogP contribution < -0.4 is 0 Å². The van der Waals surface area contributed by atoms with Gasteiger partial charge in [0.05, 0.1) is 0 Å². The molecular formula is C77H140O6. The molecule has 0 aliphatic rings. The average molecular weight is 1160 g/mol. The minimum absolute atomic E-state index is 0.0698. The first-order valence-electron chi connectivity index (χ1n) is 36.8. The number of hydrogen-bond donors (Lipinski definition) is 0. The van der Waals surface area contributed by atoms with E-state index in [-0.39, 0.29) is 31.1 Å². The van der Waals surface area contributed by atoms with E-state index in [9.17, 15) is 14.4 Å². The molecule has 484 valence electrons. The van der Waals surface area contributed by atoms with Gasteiger partial charge in [-0.25, -0.2) is 0 Å². The summed E-state index contributed by atoms with van der Waals surface area (Å²) in [6.45, 7) is 6.59. The predicted octanol–water partition coefficient (Wildman–Crippen LogP) is 25.5. The van der Waals surface area contributed by atoms with Gasteiger partial charge in [-0.15, -0.1) is 0 Å². The quantitative estimate of drug-likeness (QED) is 0.0261. The van der Waals surface area contributed by atoms with Gasteiger partial charge in [0.1, 0.15) is 13.2 Å². The maximum atomic E-state index is 12.9. The Morgan fingerprint density at radius 1 is 0.253 bits per heavy atom. The molecule has 0 radical (unpaired) electrons. The first-order chi connectivity index (χ1) is 41.0. The van der Waals surface area contributed by atoms with Crippen molar-refractivity contribution in [2.24, 2.45) is 0 Å². The highest BCUT2D eigenvalue weighted by molar-refractivity contribution is 5.71. The fourth-order valence-corrected chi connectivity index (χ4v) is 11.0. The molecule has 0 N–H and O–H groups in total. The Morgan fingerprint density at radius 2 is 0.470 bits per heavy atom. The lowest BCUT2D eigenvalue weighted by Gasteiger charge is -2.18. The second kappa shape index (κ2) is 71.6. The van der Waals surface area contributed by atoms with Crippen molar-refractivity contribution in [2.75, 3.05) is 13.2 Å². The van der Waals surface area contributed by atoms with E-state index in [0.717, 1.165) is 89.9 Å². The van der Waals surface area contributed by atoms with Crippen LogP contribution in [-0.4, -0.2) is 37.2 Å². The maximum absolute atomic E-state index is 12.9. The van der Waals surface area contributed by atoms with Crippen LogP contribution in [0.15, 0.2) is 60.8 Å². The van der Waals surface area contributed by atoms with Gasteiger partial charge in [-0.2, -0.15) is 0 Å². The van der Waals surface area contributed by atoms with Crippen LogP contribution in [0.3, 0.4) is 0 Å². The maximum Gasteiger partial charge on any atom is 0.306 e. The highest BCUT2D eigenvalue weighted by Gasteiger charge is 2.19. The molecule has 6 nitrogen and oxygen atoms in total. The second-order valence-electron chi connectivity index (χ2n) is 24.8. The molecule has 83 heavy (non-hydrogen) atoms. The van der Waals surface area contributed by atoms with Crippen molar-refractivity contribution < 1.29 is 28.6 Å². The van der Waals surface area contributed by atoms with E-state index in [0.29, 0.717) is 19.3 Å². The highest BCUT2D eigenvalue weighted by atomic mass is 16.6. The molecule has 1 atom stereocenters. The molecular weight excluding hydrogens is 1020 g/mol. The normalized spacial score (nSPS) is 12.4. The van der Waals surface area contributed by atoms with Gasteiger partial charge in [-0.3, -0.25) is 14.4 Å². The van der Waals surface area contributed by atoms with Crippen LogP contribution in [0.4, 0.5) is 0 Å². The van der Waals surface area contributed by atoms with E-state index in [1.54, 1.807) is 0 Å². The number of allylic oxidation sites excluding steroid dienone is 10. The van der Waals surface area contributed by atoms with Gasteiger partial charge in [-0.1, -0.05) is 351 Å². The first kappa shape index (κ1) is 80.1. The molecule has 0 saturated carbocycles. The summed E-state index contributed by atoms with van der Waals surface area (Å²) in [5.74, 6) is -0.849. The third-order valence-electron chi connectivity index (χ3n) is 16.5. The third kappa shape index (κ3) is 69.8. The number of carbonyl (C=O) groups is 3. The molecule has 0 bridgehead atoms. The van der Waals surface area contributed by atoms with Gasteiger partial charge in [0.25, 0.3) is 0 Å². The summed E-state index contributed by atoms with van der Waals surface area (Å²) in [4.78, 5) is 38.4. The molecule has 0 aliphatic heterocycles. The zero-order valence-corrected chi connectivity index (χ0v) is 55.7. The van der Waals surface area contributed by atoms with Gasteiger partial charge in [0.2, 0.25) is 0 Å². The van der Waals surface area contributed by atoms with E-state index in [1.165, 1.54) is 263 Å². The fourth-order valence-electron chi connectivity index (χ4n) is 11.0. The van der Waals surface area contributed by atoms with Crippen LogP contribution in [0.2, 0.25) is 0 Å². The van der Waals surface area contributed by atoms with Crippen LogP contribution in [0, 0.1) is 0 Å². The summed E-state index contributed by atoms with van der Waals surface area (Å²) >= 11 is 0. The van der Waals surface area contributed by atoms with Crippen molar-refractivity contribution in [3.63, 3.8) is 0 Å². The summed E-state index contributed by atoms with van der Waals surface area (Å²) in [7, 11) is 0. The number of hydrogen-bond acceptors (Lipinski definition) is 6. The Bertz CT molecular complexity index is 1470. The number of rotatable bonds is 68. The van der Waals surface area contributed by atoms with Crippen LogP contribution in [-0.2, 0) is 28.6 Å². The Morgan fingerprint density at radius 3 is 0.747 bits per heavy atom. The van der Waals surface area contributed by atoms with Crippen molar-refractivity contribution in [1.29, 1.82) is 0 Å². The number of unbranched alkanes of at least 4 members (excludes halogenated alkanes) is 47. The molecule has 0 fully saturated rings. The number of carbonyl (C=O) groups excluding carboxylic acids is 3. The van der Waals surface area contributed by atoms with Crippen molar-refractivity contribution in [3.8, 4) is 0 Å². The topological polar surface area (TPSA) is 78.9 Å². The van der Waals surface area contributed by atoms with Crippen LogP contribution in [0.1, 0.15) is 393 Å². The molecule has 0 aromatic carbocycles. The van der Waals surface area contributed by atoms with E-state index in [1.807, 2.05) is 0 Å². The minimum atomic E-state index is -0.774. The van der Waals surface area contributed by atoms with Crippen LogP contribution >= 0.6 is 0 Å². The molecule has 0 saturated heterocycles. The molecule has 0 aromatic rings. The lowest BCUT2D eigenvalue weighted by atomic mass is 10.0. The number of ether oxygens (including phenoxy) is 3. The summed E-state index contributed by atoms with van der Waals surface area (Å²) in [5, 5.41) is 0. The Balaban J connectivity index is 4.15. The lowest BCUT2D eigenvalue weighted by molar-refractivity contribution is -0.167. The summed E-state index contributed by atoms with van der Waals surface area (Å²) in [5.41, 5.74) is 0. The fraction of sp³-hybridized carbons (Fsp3) is 0.831. The Kier molecular flexibility index (Phi) is 69.1. The van der Waals surface area contributed by atoms with Crippen LogP contribution in [0.5, 0.6) is 0 Å². The van der Waals surface area contributed by atoms with Crippen LogP contribution in [0.25, 0.3) is 0 Å². The third-order valence-corrected chi connectivity index (χ3v) is 16.5. The standard InChI is InChI=1S/C77H140O6/c1-4-7-10-13-16-19-22-25-28-30-31-32-33-34-35-36-37-38-39-40-41-42-43-44-45-47-49-52-55-58-61-64-67-70-76(79)82-73-74(72-81-75(78)69-66-63-60-57-54-51-48-27-24-21-18-15-12-9-6-3)83-77(80)71-68-65-62-59-56-53-50-46-29-26-23-20-17-14-11-8-5-2/h7,10,16,19,25,27-28,31-32,48,74H,4-6,8-9,11-15,17-18,20-24,26,29-30,33-47,49-73H2,1-3H3/b10-7-,19-16-,28-25-,32-31-,48-27-. The van der Waals surface area contributed by atoms with Crippen molar-refractivity contribution >= 4 is 17.9 Å². The molecule has 0 rings (SSSR count). The lowest BCUT2D eigenvalue weighted by Crippen LogP contribution is -2.30. The average Bonchev–Trinajstić information content (AvgIpc) is 3.49. The molecule has 0 spiro atoms. The predicted molar refractivity (Wildman–Crippen MR) is 362 cm³/mol. The summed E-state index contributed by atoms with van der Waals surface area (Å²) in [6, 6.07) is 0. The van der Waals surface area contributed by atoms with Gasteiger partial charge >= 0.3 is 17.9 Å². The van der Waals surface area contributed by atoms with Crippen molar-refractivity contribution in [3.05, 3.63) is 60.8 Å². The van der Waals surface area contributed by atoms with E-state index >= 15 is 0 Å². The summed E-state index contributed by atoms with van der Waals surface area (Å²) < 4.78 is 17.0. The second-order valence-corrected chi connectivity index (χ2v) is 24.8. The molecule has 0 aromatic heterocycles. The van der Waals surface area contributed by atoms with Gasteiger partial charge in [0.15, 0.2) is 6.10 Å². The molecule has 0 amide bonds. The molecule has 1 unspecified atom stereocenters. The Hall–Kier alpha value is -2.89. The zero-order valence-electron chi connectivity index (χ0n) is 55.7. The molecule has 6 heteroatoms. The van der Waals surface area contributed by atoms with Gasteiger partial charge < -0.3 is 14.2 Å². The largest absolute Gasteiger partial charge is 0.462 e. The molecule has 0 heterocycles. The van der Waals surface area contributed by atoms with Crippen molar-refractivity contribution in [2.45, 2.75) is 399 Å². The zero-order chi connectivity index (χ0) is 59.9. The summed E-state index contributed by atoms with van der Waals surface area (Å²) in [6.07, 6.45) is 92.6. The Labute approximate surface area is 517 Å². The highest BCUT2D eigenvalue weighted by Crippen LogP contribution is 2.19. The van der Waals surface area contributed by atoms with Crippen molar-refractivity contribution in [1.82, 2.24) is 0 Å². The van der Waals surface area contributed by atoms with E-state index in [2.05, 4.69) is 81.5 Å².